The molecule has 0 bridgehead atoms. The van der Waals surface area contributed by atoms with E-state index >= 15 is 0 Å². The maximum atomic E-state index is 10.1. The van der Waals surface area contributed by atoms with Crippen LogP contribution >= 0.6 is 15.9 Å². The van der Waals surface area contributed by atoms with Gasteiger partial charge in [0.25, 0.3) is 0 Å². The molecule has 0 saturated carbocycles. The van der Waals surface area contributed by atoms with Gasteiger partial charge in [0.2, 0.25) is 0 Å². The number of rotatable bonds is 6. The summed E-state index contributed by atoms with van der Waals surface area (Å²) in [6.45, 7) is 6.46. The van der Waals surface area contributed by atoms with Gasteiger partial charge in [0.05, 0.1) is 16.7 Å². The topological polar surface area (TPSA) is 50.7 Å². The highest BCUT2D eigenvalue weighted by Gasteiger charge is 2.17. The average Bonchev–Trinajstić information content (AvgIpc) is 2.63. The number of benzene rings is 2. The lowest BCUT2D eigenvalue weighted by Crippen LogP contribution is -2.30. The van der Waals surface area contributed by atoms with Gasteiger partial charge in [-0.25, -0.2) is 0 Å². The van der Waals surface area contributed by atoms with Crippen LogP contribution in [0.1, 0.15) is 32.3 Å². The number of piperidine rings is 1. The summed E-state index contributed by atoms with van der Waals surface area (Å²) in [5.74, 6) is 2.96. The zero-order valence-corrected chi connectivity index (χ0v) is 16.9. The Kier molecular flexibility index (Phi) is 6.22. The van der Waals surface area contributed by atoms with Crippen LogP contribution in [0.4, 0.5) is 0 Å². The fraction of sp³-hybridized carbons (Fsp3) is 0.429. The molecule has 0 aromatic heterocycles. The highest BCUT2D eigenvalue weighted by Crippen LogP contribution is 2.34. The van der Waals surface area contributed by atoms with Crippen molar-refractivity contribution < 1.29 is 14.6 Å². The first kappa shape index (κ1) is 19.2. The molecular formula is C21H26BrNO3. The third kappa shape index (κ3) is 5.22. The van der Waals surface area contributed by atoms with Gasteiger partial charge in [-0.1, -0.05) is 6.07 Å². The molecule has 1 aliphatic heterocycles. The first-order valence-corrected chi connectivity index (χ1v) is 9.85. The Morgan fingerprint density at radius 3 is 2.35 bits per heavy atom. The van der Waals surface area contributed by atoms with E-state index in [1.54, 1.807) is 13.8 Å². The van der Waals surface area contributed by atoms with E-state index in [2.05, 4.69) is 21.2 Å². The molecule has 0 amide bonds. The number of nitrogens with one attached hydrogen (secondary N) is 1. The van der Waals surface area contributed by atoms with E-state index < -0.39 is 5.60 Å². The molecule has 0 aliphatic carbocycles. The lowest BCUT2D eigenvalue weighted by atomic mass is 9.99. The quantitative estimate of drug-likeness (QED) is 0.702. The molecule has 2 aromatic rings. The lowest BCUT2D eigenvalue weighted by Gasteiger charge is -2.22. The average molecular weight is 420 g/mol. The van der Waals surface area contributed by atoms with E-state index in [0.717, 1.165) is 41.2 Å². The van der Waals surface area contributed by atoms with E-state index in [4.69, 9.17) is 9.47 Å². The molecule has 2 aromatic carbocycles. The molecule has 0 unspecified atom stereocenters. The lowest BCUT2D eigenvalue weighted by molar-refractivity contribution is 0.0785. The van der Waals surface area contributed by atoms with Gasteiger partial charge in [0.1, 0.15) is 17.2 Å². The van der Waals surface area contributed by atoms with E-state index in [1.807, 2.05) is 42.5 Å². The fourth-order valence-corrected chi connectivity index (χ4v) is 3.42. The number of aliphatic hydroxyl groups is 1. The summed E-state index contributed by atoms with van der Waals surface area (Å²) in [7, 11) is 0. The second-order valence-electron chi connectivity index (χ2n) is 7.28. The molecule has 26 heavy (non-hydrogen) atoms. The van der Waals surface area contributed by atoms with Crippen LogP contribution < -0.4 is 14.8 Å². The Hall–Kier alpha value is -1.56. The van der Waals surface area contributed by atoms with Gasteiger partial charge in [-0.2, -0.15) is 0 Å². The molecule has 3 rings (SSSR count). The van der Waals surface area contributed by atoms with Crippen LogP contribution in [0.15, 0.2) is 46.9 Å². The van der Waals surface area contributed by atoms with E-state index in [-0.39, 0.29) is 0 Å². The molecule has 1 saturated heterocycles. The van der Waals surface area contributed by atoms with Crippen molar-refractivity contribution in [3.05, 3.63) is 52.5 Å². The second-order valence-corrected chi connectivity index (χ2v) is 8.14. The van der Waals surface area contributed by atoms with Gasteiger partial charge >= 0.3 is 0 Å². The molecule has 0 radical (unpaired) electrons. The fourth-order valence-electron chi connectivity index (χ4n) is 2.96. The molecule has 4 nitrogen and oxygen atoms in total. The summed E-state index contributed by atoms with van der Waals surface area (Å²) in [4.78, 5) is 0. The summed E-state index contributed by atoms with van der Waals surface area (Å²) in [6.07, 6.45) is 2.35. The maximum Gasteiger partial charge on any atom is 0.141 e. The van der Waals surface area contributed by atoms with Crippen LogP contribution in [0.25, 0.3) is 0 Å². The Labute approximate surface area is 163 Å². The van der Waals surface area contributed by atoms with Crippen molar-refractivity contribution in [1.82, 2.24) is 5.32 Å². The minimum absolute atomic E-state index is 0.637. The van der Waals surface area contributed by atoms with Crippen molar-refractivity contribution in [3.63, 3.8) is 0 Å². The van der Waals surface area contributed by atoms with Crippen molar-refractivity contribution in [2.75, 3.05) is 19.7 Å². The Morgan fingerprint density at radius 2 is 1.73 bits per heavy atom. The first-order valence-electron chi connectivity index (χ1n) is 9.05. The SMILES string of the molecule is CC(C)(O)c1ccc(Oc2ccc(OCC3CCNCC3)cc2)c(Br)c1. The molecule has 0 spiro atoms. The maximum absolute atomic E-state index is 10.1. The second kappa shape index (κ2) is 8.42. The van der Waals surface area contributed by atoms with Crippen LogP contribution in [-0.4, -0.2) is 24.8 Å². The van der Waals surface area contributed by atoms with Gasteiger partial charge < -0.3 is 19.9 Å². The van der Waals surface area contributed by atoms with Gasteiger partial charge in [-0.05, 0) is 104 Å². The number of halogens is 1. The molecule has 0 atom stereocenters. The molecule has 1 fully saturated rings. The van der Waals surface area contributed by atoms with Crippen molar-refractivity contribution in [1.29, 1.82) is 0 Å². The molecule has 5 heteroatoms. The van der Waals surface area contributed by atoms with Crippen LogP contribution in [-0.2, 0) is 5.60 Å². The summed E-state index contributed by atoms with van der Waals surface area (Å²) >= 11 is 3.51. The van der Waals surface area contributed by atoms with Crippen molar-refractivity contribution in [3.8, 4) is 17.2 Å². The Morgan fingerprint density at radius 1 is 1.08 bits per heavy atom. The predicted molar refractivity (Wildman–Crippen MR) is 107 cm³/mol. The van der Waals surface area contributed by atoms with Crippen LogP contribution in [0, 0.1) is 5.92 Å². The van der Waals surface area contributed by atoms with Gasteiger partial charge in [-0.15, -0.1) is 0 Å². The summed E-state index contributed by atoms with van der Waals surface area (Å²) < 4.78 is 12.6. The predicted octanol–water partition coefficient (Wildman–Crippen LogP) is 4.85. The number of ether oxygens (including phenoxy) is 2. The molecule has 1 heterocycles. The third-order valence-corrected chi connectivity index (χ3v) is 5.25. The number of hydrogen-bond acceptors (Lipinski definition) is 4. The largest absolute Gasteiger partial charge is 0.493 e. The number of hydrogen-bond donors (Lipinski definition) is 2. The summed E-state index contributed by atoms with van der Waals surface area (Å²) in [5.41, 5.74) is -0.0487. The van der Waals surface area contributed by atoms with Crippen LogP contribution in [0.2, 0.25) is 0 Å². The smallest absolute Gasteiger partial charge is 0.141 e. The van der Waals surface area contributed by atoms with E-state index in [0.29, 0.717) is 11.7 Å². The Balaban J connectivity index is 1.58. The van der Waals surface area contributed by atoms with E-state index in [1.165, 1.54) is 12.8 Å². The molecule has 140 valence electrons. The first-order chi connectivity index (χ1) is 12.4. The zero-order chi connectivity index (χ0) is 18.6. The molecule has 1 aliphatic rings. The minimum Gasteiger partial charge on any atom is -0.493 e. The molecule has 2 N–H and O–H groups in total. The summed E-state index contributed by atoms with van der Waals surface area (Å²) in [5, 5.41) is 13.5. The van der Waals surface area contributed by atoms with Crippen LogP contribution in [0.5, 0.6) is 17.2 Å². The van der Waals surface area contributed by atoms with Gasteiger partial charge in [-0.3, -0.25) is 0 Å². The van der Waals surface area contributed by atoms with E-state index in [9.17, 15) is 5.11 Å². The minimum atomic E-state index is -0.881. The third-order valence-electron chi connectivity index (χ3n) is 4.63. The normalized spacial score (nSPS) is 15.7. The summed E-state index contributed by atoms with van der Waals surface area (Å²) in [6, 6.07) is 13.3. The highest BCUT2D eigenvalue weighted by atomic mass is 79.9. The van der Waals surface area contributed by atoms with Crippen molar-refractivity contribution >= 4 is 15.9 Å². The highest BCUT2D eigenvalue weighted by molar-refractivity contribution is 9.10. The van der Waals surface area contributed by atoms with Gasteiger partial charge in [0.15, 0.2) is 0 Å². The van der Waals surface area contributed by atoms with Crippen molar-refractivity contribution in [2.45, 2.75) is 32.3 Å². The monoisotopic (exact) mass is 419 g/mol. The Bertz CT molecular complexity index is 719. The standard InChI is InChI=1S/C21H26BrNO3/c1-21(2,24)16-3-8-20(19(22)13-16)26-18-6-4-17(5-7-18)25-14-15-9-11-23-12-10-15/h3-8,13,15,23-24H,9-12,14H2,1-2H3. The van der Waals surface area contributed by atoms with Crippen molar-refractivity contribution in [2.24, 2.45) is 5.92 Å². The van der Waals surface area contributed by atoms with Crippen LogP contribution in [0.3, 0.4) is 0 Å². The van der Waals surface area contributed by atoms with Gasteiger partial charge in [0, 0.05) is 0 Å². The zero-order valence-electron chi connectivity index (χ0n) is 15.3. The molecular weight excluding hydrogens is 394 g/mol.